The molecule has 0 amide bonds. The minimum Gasteiger partial charge on any atom is -0.103 e. The van der Waals surface area contributed by atoms with Gasteiger partial charge in [0, 0.05) is 0 Å². The van der Waals surface area contributed by atoms with Crippen molar-refractivity contribution < 1.29 is 0 Å². The molecular formula is C21H46. The van der Waals surface area contributed by atoms with Crippen molar-refractivity contribution in [1.82, 2.24) is 0 Å². The Morgan fingerprint density at radius 3 is 1.43 bits per heavy atom. The van der Waals surface area contributed by atoms with Crippen LogP contribution < -0.4 is 0 Å². The average Bonchev–Trinajstić information content (AvgIpc) is 2.44. The second kappa shape index (κ2) is 22.0. The molecule has 1 fully saturated rings. The largest absolute Gasteiger partial charge is 0.103 e. The third-order valence-electron chi connectivity index (χ3n) is 4.05. The molecule has 0 saturated heterocycles. The van der Waals surface area contributed by atoms with Crippen molar-refractivity contribution in [2.45, 2.75) is 107 Å². The van der Waals surface area contributed by atoms with E-state index in [1.165, 1.54) is 51.4 Å². The van der Waals surface area contributed by atoms with Crippen molar-refractivity contribution >= 4 is 0 Å². The zero-order valence-electron chi connectivity index (χ0n) is 16.7. The van der Waals surface area contributed by atoms with Crippen LogP contribution in [0.3, 0.4) is 0 Å². The summed E-state index contributed by atoms with van der Waals surface area (Å²) >= 11 is 0. The third-order valence-corrected chi connectivity index (χ3v) is 4.05. The Hall–Kier alpha value is -0.260. The van der Waals surface area contributed by atoms with E-state index in [0.717, 1.165) is 11.8 Å². The summed E-state index contributed by atoms with van der Waals surface area (Å²) in [4.78, 5) is 0. The Morgan fingerprint density at radius 1 is 0.905 bits per heavy atom. The molecule has 1 saturated carbocycles. The molecule has 0 spiro atoms. The highest BCUT2D eigenvalue weighted by atomic mass is 14.1. The molecule has 1 aliphatic carbocycles. The minimum atomic E-state index is 0.681. The number of hydrogen-bond donors (Lipinski definition) is 0. The summed E-state index contributed by atoms with van der Waals surface area (Å²) in [6.45, 7) is 21.2. The SMILES string of the molecule is C1CCC1.C=CC(C)C(C)CC.CC.CCCCC(C)C. The molecule has 1 aliphatic rings. The first-order valence-electron chi connectivity index (χ1n) is 9.62. The lowest BCUT2D eigenvalue weighted by molar-refractivity contribution is 0.447. The van der Waals surface area contributed by atoms with Crippen LogP contribution >= 0.6 is 0 Å². The van der Waals surface area contributed by atoms with Crippen LogP contribution in [0, 0.1) is 17.8 Å². The zero-order valence-corrected chi connectivity index (χ0v) is 16.7. The minimum absolute atomic E-state index is 0.681. The van der Waals surface area contributed by atoms with Crippen LogP contribution in [0.15, 0.2) is 12.7 Å². The first-order chi connectivity index (χ1) is 9.99. The van der Waals surface area contributed by atoms with Crippen LogP contribution in [-0.4, -0.2) is 0 Å². The van der Waals surface area contributed by atoms with Gasteiger partial charge in [-0.05, 0) is 17.8 Å². The van der Waals surface area contributed by atoms with Gasteiger partial charge in [-0.3, -0.25) is 0 Å². The van der Waals surface area contributed by atoms with Crippen molar-refractivity contribution in [3.63, 3.8) is 0 Å². The first-order valence-corrected chi connectivity index (χ1v) is 9.62. The third kappa shape index (κ3) is 25.1. The fraction of sp³-hybridized carbons (Fsp3) is 0.905. The van der Waals surface area contributed by atoms with E-state index in [4.69, 9.17) is 0 Å². The Bertz CT molecular complexity index is 161. The van der Waals surface area contributed by atoms with Crippen LogP contribution in [0.25, 0.3) is 0 Å². The zero-order chi connectivity index (χ0) is 17.1. The Morgan fingerprint density at radius 2 is 1.33 bits per heavy atom. The lowest BCUT2D eigenvalue weighted by atomic mass is 9.94. The van der Waals surface area contributed by atoms with Crippen molar-refractivity contribution in [3.8, 4) is 0 Å². The highest BCUT2D eigenvalue weighted by Gasteiger charge is 2.03. The van der Waals surface area contributed by atoms with Gasteiger partial charge in [-0.1, -0.05) is 113 Å². The van der Waals surface area contributed by atoms with E-state index in [2.05, 4.69) is 48.1 Å². The second-order valence-electron chi connectivity index (χ2n) is 6.43. The van der Waals surface area contributed by atoms with Gasteiger partial charge in [0.25, 0.3) is 0 Å². The van der Waals surface area contributed by atoms with E-state index in [-0.39, 0.29) is 0 Å². The molecular weight excluding hydrogens is 252 g/mol. The number of rotatable bonds is 6. The maximum atomic E-state index is 3.73. The Balaban J connectivity index is -0.000000226. The molecule has 0 N–H and O–H groups in total. The Labute approximate surface area is 137 Å². The molecule has 0 heteroatoms. The van der Waals surface area contributed by atoms with E-state index in [0.29, 0.717) is 5.92 Å². The van der Waals surface area contributed by atoms with Gasteiger partial charge in [-0.15, -0.1) is 6.58 Å². The smallest absolute Gasteiger partial charge is 0.0239 e. The first kappa shape index (κ1) is 25.7. The predicted octanol–water partition coefficient (Wildman–Crippen LogP) is 8.27. The van der Waals surface area contributed by atoms with E-state index in [1.54, 1.807) is 0 Å². The molecule has 130 valence electrons. The monoisotopic (exact) mass is 298 g/mol. The van der Waals surface area contributed by atoms with Crippen LogP contribution in [0.1, 0.15) is 107 Å². The average molecular weight is 299 g/mol. The molecule has 0 aromatic carbocycles. The van der Waals surface area contributed by atoms with Gasteiger partial charge in [0.2, 0.25) is 0 Å². The summed E-state index contributed by atoms with van der Waals surface area (Å²) in [6.07, 6.45) is 13.4. The predicted molar refractivity (Wildman–Crippen MR) is 103 cm³/mol. The summed E-state index contributed by atoms with van der Waals surface area (Å²) in [7, 11) is 0. The molecule has 0 bridgehead atoms. The van der Waals surface area contributed by atoms with E-state index < -0.39 is 0 Å². The van der Waals surface area contributed by atoms with Gasteiger partial charge in [-0.25, -0.2) is 0 Å². The van der Waals surface area contributed by atoms with Crippen LogP contribution in [0.5, 0.6) is 0 Å². The van der Waals surface area contributed by atoms with E-state index in [1.807, 2.05) is 19.9 Å². The van der Waals surface area contributed by atoms with Crippen molar-refractivity contribution in [2.24, 2.45) is 17.8 Å². The Kier molecular flexibility index (Phi) is 26.9. The molecule has 0 aliphatic heterocycles. The second-order valence-corrected chi connectivity index (χ2v) is 6.43. The number of unbranched alkanes of at least 4 members (excludes halogenated alkanes) is 1. The summed E-state index contributed by atoms with van der Waals surface area (Å²) in [5.41, 5.74) is 0. The fourth-order valence-corrected chi connectivity index (χ4v) is 1.47. The van der Waals surface area contributed by atoms with Crippen molar-refractivity contribution in [1.29, 1.82) is 0 Å². The molecule has 21 heavy (non-hydrogen) atoms. The molecule has 0 heterocycles. The lowest BCUT2D eigenvalue weighted by Crippen LogP contribution is -2.01. The van der Waals surface area contributed by atoms with Gasteiger partial charge in [0.05, 0.1) is 0 Å². The van der Waals surface area contributed by atoms with Gasteiger partial charge >= 0.3 is 0 Å². The molecule has 0 radical (unpaired) electrons. The highest BCUT2D eigenvalue weighted by molar-refractivity contribution is 4.78. The number of allylic oxidation sites excluding steroid dienone is 1. The van der Waals surface area contributed by atoms with E-state index in [9.17, 15) is 0 Å². The number of hydrogen-bond acceptors (Lipinski definition) is 0. The molecule has 0 aromatic heterocycles. The highest BCUT2D eigenvalue weighted by Crippen LogP contribution is 2.15. The maximum absolute atomic E-state index is 3.73. The summed E-state index contributed by atoms with van der Waals surface area (Å²) in [6, 6.07) is 0. The van der Waals surface area contributed by atoms with Crippen LogP contribution in [0.2, 0.25) is 0 Å². The van der Waals surface area contributed by atoms with Gasteiger partial charge < -0.3 is 0 Å². The molecule has 2 atom stereocenters. The fourth-order valence-electron chi connectivity index (χ4n) is 1.47. The quantitative estimate of drug-likeness (QED) is 0.433. The van der Waals surface area contributed by atoms with Gasteiger partial charge in [0.15, 0.2) is 0 Å². The topological polar surface area (TPSA) is 0 Å². The van der Waals surface area contributed by atoms with Crippen molar-refractivity contribution in [3.05, 3.63) is 12.7 Å². The maximum Gasteiger partial charge on any atom is -0.0239 e. The van der Waals surface area contributed by atoms with Crippen molar-refractivity contribution in [2.75, 3.05) is 0 Å². The summed E-state index contributed by atoms with van der Waals surface area (Å²) in [5, 5.41) is 0. The molecule has 1 rings (SSSR count). The van der Waals surface area contributed by atoms with Gasteiger partial charge in [-0.2, -0.15) is 0 Å². The van der Waals surface area contributed by atoms with E-state index >= 15 is 0 Å². The molecule has 0 aromatic rings. The summed E-state index contributed by atoms with van der Waals surface area (Å²) in [5.74, 6) is 2.38. The standard InChI is InChI=1S/C8H16.C7H16.C4H8.C2H6/c1-5-7(3)8(4)6-2;1-4-5-6-7(2)3;1-2-4-3-1;1-2/h5,7-8H,1,6H2,2-4H3;7H,4-6H2,1-3H3;1-4H2;1-2H3. The van der Waals surface area contributed by atoms with Crippen LogP contribution in [-0.2, 0) is 0 Å². The molecule has 2 unspecified atom stereocenters. The molecule has 0 nitrogen and oxygen atoms in total. The van der Waals surface area contributed by atoms with Crippen LogP contribution in [0.4, 0.5) is 0 Å². The van der Waals surface area contributed by atoms with Gasteiger partial charge in [0.1, 0.15) is 0 Å². The summed E-state index contributed by atoms with van der Waals surface area (Å²) < 4.78 is 0. The lowest BCUT2D eigenvalue weighted by Gasteiger charge is -2.12. The normalized spacial score (nSPS) is 14.9.